The maximum atomic E-state index is 12.4. The van der Waals surface area contributed by atoms with Crippen LogP contribution >= 0.6 is 11.6 Å². The van der Waals surface area contributed by atoms with Gasteiger partial charge in [0.25, 0.3) is 0 Å². The van der Waals surface area contributed by atoms with E-state index in [-0.39, 0.29) is 22.3 Å². The Morgan fingerprint density at radius 3 is 2.05 bits per heavy atom. The molecule has 1 aliphatic carbocycles. The molecule has 0 fully saturated rings. The van der Waals surface area contributed by atoms with E-state index < -0.39 is 0 Å². The third-order valence-corrected chi connectivity index (χ3v) is 3.53. The van der Waals surface area contributed by atoms with Gasteiger partial charge in [-0.25, -0.2) is 0 Å². The molecule has 0 amide bonds. The van der Waals surface area contributed by atoms with Crippen molar-refractivity contribution in [3.8, 4) is 0 Å². The van der Waals surface area contributed by atoms with Crippen LogP contribution in [0.1, 0.15) is 26.3 Å². The summed E-state index contributed by atoms with van der Waals surface area (Å²) in [6, 6.07) is 15.9. The highest BCUT2D eigenvalue weighted by Crippen LogP contribution is 2.28. The first kappa shape index (κ1) is 13.5. The van der Waals surface area contributed by atoms with E-state index in [0.717, 1.165) is 5.56 Å². The van der Waals surface area contributed by atoms with Crippen LogP contribution in [0, 0.1) is 0 Å². The summed E-state index contributed by atoms with van der Waals surface area (Å²) in [5, 5.41) is -0.133. The first-order chi connectivity index (χ1) is 10.2. The van der Waals surface area contributed by atoms with Crippen molar-refractivity contribution in [3.63, 3.8) is 0 Å². The lowest BCUT2D eigenvalue weighted by atomic mass is 9.93. The third-order valence-electron chi connectivity index (χ3n) is 3.18. The van der Waals surface area contributed by atoms with E-state index in [4.69, 9.17) is 11.6 Å². The minimum Gasteiger partial charge on any atom is -0.287 e. The van der Waals surface area contributed by atoms with Crippen molar-refractivity contribution in [2.24, 2.45) is 4.99 Å². The predicted octanol–water partition coefficient (Wildman–Crippen LogP) is 3.64. The molecule has 0 N–H and O–H groups in total. The van der Waals surface area contributed by atoms with E-state index >= 15 is 0 Å². The summed E-state index contributed by atoms with van der Waals surface area (Å²) >= 11 is 6.02. The van der Waals surface area contributed by atoms with Gasteiger partial charge in [-0.1, -0.05) is 66.2 Å². The van der Waals surface area contributed by atoms with Gasteiger partial charge in [0.1, 0.15) is 10.7 Å². The standard InChI is InChI=1S/C17H10ClNO2/c18-14-15(19-10-11-6-2-1-3-7-11)17(21)13-9-5-4-8-12(13)16(14)20/h1-10H. The molecule has 0 saturated heterocycles. The highest BCUT2D eigenvalue weighted by molar-refractivity contribution is 6.50. The smallest absolute Gasteiger partial charge is 0.213 e. The zero-order valence-corrected chi connectivity index (χ0v) is 11.7. The molecule has 0 unspecified atom stereocenters. The molecule has 0 atom stereocenters. The van der Waals surface area contributed by atoms with Gasteiger partial charge in [0.15, 0.2) is 0 Å². The quantitative estimate of drug-likeness (QED) is 0.794. The lowest BCUT2D eigenvalue weighted by Gasteiger charge is -2.14. The summed E-state index contributed by atoms with van der Waals surface area (Å²) in [5.41, 5.74) is 1.48. The van der Waals surface area contributed by atoms with E-state index in [2.05, 4.69) is 4.99 Å². The van der Waals surface area contributed by atoms with Crippen LogP contribution in [-0.2, 0) is 0 Å². The van der Waals surface area contributed by atoms with Crippen LogP contribution in [0.25, 0.3) is 0 Å². The molecule has 0 aromatic heterocycles. The number of rotatable bonds is 2. The van der Waals surface area contributed by atoms with E-state index in [0.29, 0.717) is 11.1 Å². The molecular formula is C17H10ClNO2. The van der Waals surface area contributed by atoms with E-state index in [9.17, 15) is 9.59 Å². The van der Waals surface area contributed by atoms with Gasteiger partial charge in [-0.3, -0.25) is 14.6 Å². The van der Waals surface area contributed by atoms with Gasteiger partial charge in [-0.05, 0) is 5.56 Å². The first-order valence-electron chi connectivity index (χ1n) is 6.36. The highest BCUT2D eigenvalue weighted by Gasteiger charge is 2.30. The second-order valence-corrected chi connectivity index (χ2v) is 4.91. The maximum Gasteiger partial charge on any atom is 0.213 e. The number of hydrogen-bond donors (Lipinski definition) is 0. The van der Waals surface area contributed by atoms with Crippen LogP contribution in [0.4, 0.5) is 0 Å². The molecule has 3 rings (SSSR count). The molecule has 2 aromatic carbocycles. The molecule has 0 saturated carbocycles. The van der Waals surface area contributed by atoms with Crippen LogP contribution in [-0.4, -0.2) is 17.8 Å². The topological polar surface area (TPSA) is 46.5 Å². The van der Waals surface area contributed by atoms with Crippen LogP contribution in [0.3, 0.4) is 0 Å². The number of benzene rings is 2. The molecule has 0 aliphatic heterocycles. The molecule has 0 heterocycles. The largest absolute Gasteiger partial charge is 0.287 e. The molecule has 4 heteroatoms. The average molecular weight is 296 g/mol. The van der Waals surface area contributed by atoms with Crippen molar-refractivity contribution in [2.45, 2.75) is 0 Å². The molecular weight excluding hydrogens is 286 g/mol. The Balaban J connectivity index is 2.03. The fourth-order valence-electron chi connectivity index (χ4n) is 2.13. The Bertz CT molecular complexity index is 791. The molecule has 21 heavy (non-hydrogen) atoms. The second-order valence-electron chi connectivity index (χ2n) is 4.54. The lowest BCUT2D eigenvalue weighted by Crippen LogP contribution is -2.19. The van der Waals surface area contributed by atoms with Gasteiger partial charge >= 0.3 is 0 Å². The van der Waals surface area contributed by atoms with Crippen molar-refractivity contribution in [3.05, 3.63) is 82.0 Å². The summed E-state index contributed by atoms with van der Waals surface area (Å²) in [4.78, 5) is 28.7. The Labute approximate surface area is 126 Å². The third kappa shape index (κ3) is 2.43. The van der Waals surface area contributed by atoms with Crippen LogP contribution in [0.2, 0.25) is 0 Å². The Morgan fingerprint density at radius 2 is 1.38 bits per heavy atom. The number of ketones is 2. The normalized spacial score (nSPS) is 14.7. The van der Waals surface area contributed by atoms with Crippen LogP contribution in [0.15, 0.2) is 70.3 Å². The fourth-order valence-corrected chi connectivity index (χ4v) is 2.36. The minimum atomic E-state index is -0.368. The monoisotopic (exact) mass is 295 g/mol. The zero-order chi connectivity index (χ0) is 14.8. The summed E-state index contributed by atoms with van der Waals surface area (Å²) in [6.07, 6.45) is 1.52. The minimum absolute atomic E-state index is 0.00998. The van der Waals surface area contributed by atoms with Crippen LogP contribution in [0.5, 0.6) is 0 Å². The van der Waals surface area contributed by atoms with Crippen molar-refractivity contribution in [1.29, 1.82) is 0 Å². The van der Waals surface area contributed by atoms with E-state index in [1.165, 1.54) is 6.21 Å². The van der Waals surface area contributed by atoms with Gasteiger partial charge in [0, 0.05) is 17.3 Å². The second kappa shape index (κ2) is 5.46. The summed E-state index contributed by atoms with van der Waals surface area (Å²) in [5.74, 6) is -0.700. The number of nitrogens with zero attached hydrogens (tertiary/aromatic N) is 1. The predicted molar refractivity (Wildman–Crippen MR) is 82.0 cm³/mol. The van der Waals surface area contributed by atoms with Crippen molar-refractivity contribution in [2.75, 3.05) is 0 Å². The SMILES string of the molecule is O=C1C(Cl)=C(N=Cc2ccccc2)C(=O)c2ccccc21. The van der Waals surface area contributed by atoms with Crippen LogP contribution < -0.4 is 0 Å². The van der Waals surface area contributed by atoms with Gasteiger partial charge in [-0.15, -0.1) is 0 Å². The molecule has 3 nitrogen and oxygen atoms in total. The van der Waals surface area contributed by atoms with E-state index in [1.54, 1.807) is 24.3 Å². The fraction of sp³-hybridized carbons (Fsp3) is 0. The number of hydrogen-bond acceptors (Lipinski definition) is 3. The lowest BCUT2D eigenvalue weighted by molar-refractivity contribution is 0.0980. The van der Waals surface area contributed by atoms with Gasteiger partial charge in [-0.2, -0.15) is 0 Å². The molecule has 1 aliphatic rings. The number of halogens is 1. The van der Waals surface area contributed by atoms with Gasteiger partial charge in [0.05, 0.1) is 0 Å². The first-order valence-corrected chi connectivity index (χ1v) is 6.73. The molecule has 2 aromatic rings. The zero-order valence-electron chi connectivity index (χ0n) is 10.9. The highest BCUT2D eigenvalue weighted by atomic mass is 35.5. The van der Waals surface area contributed by atoms with Gasteiger partial charge in [0.2, 0.25) is 11.6 Å². The number of aliphatic imine (C=N–C) groups is 1. The van der Waals surface area contributed by atoms with Crippen molar-refractivity contribution in [1.82, 2.24) is 0 Å². The van der Waals surface area contributed by atoms with Crippen molar-refractivity contribution >= 4 is 29.4 Å². The van der Waals surface area contributed by atoms with Gasteiger partial charge < -0.3 is 0 Å². The number of carbonyl (C=O) groups excluding carboxylic acids is 2. The summed E-state index contributed by atoms with van der Waals surface area (Å²) < 4.78 is 0. The Morgan fingerprint density at radius 1 is 0.810 bits per heavy atom. The summed E-state index contributed by atoms with van der Waals surface area (Å²) in [7, 11) is 0. The summed E-state index contributed by atoms with van der Waals surface area (Å²) in [6.45, 7) is 0. The molecule has 0 spiro atoms. The Kier molecular flexibility index (Phi) is 3.50. The number of carbonyl (C=O) groups is 2. The number of fused-ring (bicyclic) bond motifs is 1. The number of allylic oxidation sites excluding steroid dienone is 2. The number of Topliss-reactive ketones (excluding diaryl/α,β-unsaturated/α-hetero) is 2. The maximum absolute atomic E-state index is 12.4. The Hall–Kier alpha value is -2.52. The molecule has 102 valence electrons. The van der Waals surface area contributed by atoms with E-state index in [1.807, 2.05) is 30.3 Å². The average Bonchev–Trinajstić information content (AvgIpc) is 2.54. The molecule has 0 bridgehead atoms. The van der Waals surface area contributed by atoms with Crippen molar-refractivity contribution < 1.29 is 9.59 Å². The molecule has 0 radical (unpaired) electrons.